The van der Waals surface area contributed by atoms with Gasteiger partial charge in [0.05, 0.1) is 17.0 Å². The van der Waals surface area contributed by atoms with Gasteiger partial charge in [0.25, 0.3) is 0 Å². The van der Waals surface area contributed by atoms with E-state index in [1.54, 1.807) is 12.1 Å². The Balaban J connectivity index is 2.44. The predicted molar refractivity (Wildman–Crippen MR) is 76.7 cm³/mol. The van der Waals surface area contributed by atoms with Crippen molar-refractivity contribution in [3.8, 4) is 0 Å². The van der Waals surface area contributed by atoms with Gasteiger partial charge in [-0.15, -0.1) is 0 Å². The first kappa shape index (κ1) is 14.3. The monoisotopic (exact) mass is 272 g/mol. The highest BCUT2D eigenvalue weighted by Gasteiger charge is 2.09. The maximum Gasteiger partial charge on any atom is 0.198 e. The number of pyridine rings is 1. The third kappa shape index (κ3) is 2.90. The van der Waals surface area contributed by atoms with Crippen LogP contribution in [0.25, 0.3) is 10.9 Å². The fourth-order valence-corrected chi connectivity index (χ4v) is 2.38. The molecule has 0 aliphatic carbocycles. The lowest BCUT2D eigenvalue weighted by Gasteiger charge is -2.13. The Hall–Kier alpha value is -2.10. The van der Waals surface area contributed by atoms with Crippen molar-refractivity contribution in [1.29, 1.82) is 0 Å². The van der Waals surface area contributed by atoms with Crippen LogP contribution in [0.3, 0.4) is 0 Å². The van der Waals surface area contributed by atoms with Crippen molar-refractivity contribution in [2.24, 2.45) is 0 Å². The summed E-state index contributed by atoms with van der Waals surface area (Å²) in [6, 6.07) is 7.09. The fourth-order valence-electron chi connectivity index (χ4n) is 2.38. The molecule has 4 nitrogen and oxygen atoms in total. The number of aromatic carboxylic acids is 1. The van der Waals surface area contributed by atoms with Gasteiger partial charge in [0, 0.05) is 18.1 Å². The van der Waals surface area contributed by atoms with Gasteiger partial charge in [0.2, 0.25) is 0 Å². The molecule has 0 amide bonds. The highest BCUT2D eigenvalue weighted by Crippen LogP contribution is 2.13. The number of rotatable bonds is 6. The lowest BCUT2D eigenvalue weighted by molar-refractivity contribution is -0.255. The number of carbonyl (C=O) groups excluding carboxylic acids is 1. The third-order valence-electron chi connectivity index (χ3n) is 3.46. The van der Waals surface area contributed by atoms with Gasteiger partial charge in [0.1, 0.15) is 0 Å². The second-order valence-electron chi connectivity index (χ2n) is 4.93. The van der Waals surface area contributed by atoms with E-state index < -0.39 is 11.4 Å². The molecule has 4 heteroatoms. The van der Waals surface area contributed by atoms with Gasteiger partial charge in [-0.1, -0.05) is 38.3 Å². The summed E-state index contributed by atoms with van der Waals surface area (Å²) in [6.45, 7) is 2.85. The normalized spacial score (nSPS) is 10.8. The molecular weight excluding hydrogens is 254 g/mol. The van der Waals surface area contributed by atoms with E-state index >= 15 is 0 Å². The zero-order chi connectivity index (χ0) is 14.5. The minimum Gasteiger partial charge on any atom is -0.545 e. The van der Waals surface area contributed by atoms with E-state index in [0.717, 1.165) is 31.2 Å². The van der Waals surface area contributed by atoms with Gasteiger partial charge >= 0.3 is 0 Å². The van der Waals surface area contributed by atoms with Gasteiger partial charge in [-0.2, -0.15) is 0 Å². The van der Waals surface area contributed by atoms with Crippen molar-refractivity contribution in [3.63, 3.8) is 0 Å². The maximum atomic E-state index is 12.1. The van der Waals surface area contributed by atoms with Gasteiger partial charge in [-0.05, 0) is 18.6 Å². The number of carbonyl (C=O) groups is 1. The molecule has 0 fully saturated rings. The molecule has 0 spiro atoms. The first-order valence-electron chi connectivity index (χ1n) is 6.98. The molecule has 0 saturated carbocycles. The topological polar surface area (TPSA) is 62.1 Å². The average Bonchev–Trinajstić information content (AvgIpc) is 2.45. The Morgan fingerprint density at radius 2 is 1.95 bits per heavy atom. The van der Waals surface area contributed by atoms with Crippen molar-refractivity contribution in [2.45, 2.75) is 39.2 Å². The number of aromatic nitrogens is 1. The third-order valence-corrected chi connectivity index (χ3v) is 3.46. The molecular formula is C16H18NO3-. The number of benzene rings is 1. The Kier molecular flexibility index (Phi) is 4.56. The van der Waals surface area contributed by atoms with Crippen LogP contribution in [0.2, 0.25) is 0 Å². The first-order chi connectivity index (χ1) is 9.65. The summed E-state index contributed by atoms with van der Waals surface area (Å²) in [6.07, 6.45) is 5.78. The van der Waals surface area contributed by atoms with E-state index in [0.29, 0.717) is 11.9 Å². The van der Waals surface area contributed by atoms with Crippen molar-refractivity contribution in [3.05, 3.63) is 46.2 Å². The molecule has 2 aromatic rings. The minimum absolute atomic E-state index is 0.265. The summed E-state index contributed by atoms with van der Waals surface area (Å²) in [4.78, 5) is 23.1. The Labute approximate surface area is 117 Å². The second kappa shape index (κ2) is 6.37. The molecule has 1 aromatic carbocycles. The lowest BCUT2D eigenvalue weighted by atomic mass is 10.1. The summed E-state index contributed by atoms with van der Waals surface area (Å²) >= 11 is 0. The lowest BCUT2D eigenvalue weighted by Crippen LogP contribution is -2.30. The van der Waals surface area contributed by atoms with Gasteiger partial charge in [0.15, 0.2) is 5.43 Å². The second-order valence-corrected chi connectivity index (χ2v) is 4.93. The van der Waals surface area contributed by atoms with Crippen LogP contribution in [0.4, 0.5) is 0 Å². The molecule has 20 heavy (non-hydrogen) atoms. The number of aryl methyl sites for hydroxylation is 1. The Morgan fingerprint density at radius 1 is 1.20 bits per heavy atom. The number of hydrogen-bond donors (Lipinski definition) is 0. The number of nitrogens with zero attached hydrogens (tertiary/aromatic N) is 1. The number of carboxylic acid groups (broad SMARTS) is 1. The summed E-state index contributed by atoms with van der Waals surface area (Å²) in [7, 11) is 0. The highest BCUT2D eigenvalue weighted by molar-refractivity contribution is 5.91. The van der Waals surface area contributed by atoms with Crippen molar-refractivity contribution in [1.82, 2.24) is 4.57 Å². The molecule has 1 aromatic heterocycles. The molecule has 0 atom stereocenters. The van der Waals surface area contributed by atoms with Crippen LogP contribution in [0.1, 0.15) is 43.0 Å². The van der Waals surface area contributed by atoms with Crippen molar-refractivity contribution >= 4 is 16.9 Å². The fraction of sp³-hybridized carbons (Fsp3) is 0.375. The smallest absolute Gasteiger partial charge is 0.198 e. The summed E-state index contributed by atoms with van der Waals surface area (Å²) in [5, 5.41) is 11.5. The van der Waals surface area contributed by atoms with Crippen LogP contribution < -0.4 is 10.5 Å². The molecule has 0 N–H and O–H groups in total. The zero-order valence-corrected chi connectivity index (χ0v) is 11.6. The molecule has 0 saturated heterocycles. The SMILES string of the molecule is CCCCCCn1cc(C(=O)[O-])c(=O)c2ccccc21. The largest absolute Gasteiger partial charge is 0.545 e. The molecule has 0 aliphatic heterocycles. The first-order valence-corrected chi connectivity index (χ1v) is 6.98. The van der Waals surface area contributed by atoms with E-state index in [-0.39, 0.29) is 5.56 Å². The molecule has 1 heterocycles. The molecule has 106 valence electrons. The Morgan fingerprint density at radius 3 is 2.65 bits per heavy atom. The summed E-state index contributed by atoms with van der Waals surface area (Å²) in [5.41, 5.74) is 0.0450. The highest BCUT2D eigenvalue weighted by atomic mass is 16.4. The average molecular weight is 272 g/mol. The summed E-state index contributed by atoms with van der Waals surface area (Å²) in [5.74, 6) is -1.41. The Bertz CT molecular complexity index is 673. The standard InChI is InChI=1S/C16H19NO3/c1-2-3-4-7-10-17-11-13(16(19)20)15(18)12-8-5-6-9-14(12)17/h5-6,8-9,11H,2-4,7,10H2,1H3,(H,19,20)/p-1. The number of unbranched alkanes of at least 4 members (excludes halogenated alkanes) is 3. The van der Waals surface area contributed by atoms with Crippen LogP contribution in [0, 0.1) is 0 Å². The molecule has 0 aliphatic rings. The van der Waals surface area contributed by atoms with E-state index in [2.05, 4.69) is 6.92 Å². The number of carboxylic acids is 1. The van der Waals surface area contributed by atoms with Crippen LogP contribution in [-0.2, 0) is 6.54 Å². The van der Waals surface area contributed by atoms with Crippen LogP contribution in [0.5, 0.6) is 0 Å². The van der Waals surface area contributed by atoms with Gasteiger partial charge in [-0.3, -0.25) is 4.79 Å². The zero-order valence-electron chi connectivity index (χ0n) is 11.6. The van der Waals surface area contributed by atoms with Crippen LogP contribution >= 0.6 is 0 Å². The van der Waals surface area contributed by atoms with E-state index in [1.807, 2.05) is 16.7 Å². The van der Waals surface area contributed by atoms with Gasteiger partial charge < -0.3 is 14.5 Å². The molecule has 2 rings (SSSR count). The van der Waals surface area contributed by atoms with Crippen molar-refractivity contribution in [2.75, 3.05) is 0 Å². The summed E-state index contributed by atoms with van der Waals surface area (Å²) < 4.78 is 1.84. The van der Waals surface area contributed by atoms with Crippen molar-refractivity contribution < 1.29 is 9.90 Å². The predicted octanol–water partition coefficient (Wildman–Crippen LogP) is 1.95. The molecule has 0 unspecified atom stereocenters. The minimum atomic E-state index is -1.41. The number of hydrogen-bond acceptors (Lipinski definition) is 3. The quantitative estimate of drug-likeness (QED) is 0.755. The van der Waals surface area contributed by atoms with Crippen LogP contribution in [-0.4, -0.2) is 10.5 Å². The molecule has 0 bridgehead atoms. The number of fused-ring (bicyclic) bond motifs is 1. The van der Waals surface area contributed by atoms with E-state index in [1.165, 1.54) is 6.20 Å². The number of para-hydroxylation sites is 1. The van der Waals surface area contributed by atoms with Gasteiger partial charge in [-0.25, -0.2) is 0 Å². The molecule has 0 radical (unpaired) electrons. The van der Waals surface area contributed by atoms with E-state index in [9.17, 15) is 14.7 Å². The van der Waals surface area contributed by atoms with Crippen LogP contribution in [0.15, 0.2) is 35.3 Å². The van der Waals surface area contributed by atoms with E-state index in [4.69, 9.17) is 0 Å². The maximum absolute atomic E-state index is 12.1.